The molecule has 3 aromatic rings. The first-order valence-electron chi connectivity index (χ1n) is 7.02. The summed E-state index contributed by atoms with van der Waals surface area (Å²) in [6.07, 6.45) is 2.01. The van der Waals surface area contributed by atoms with Crippen molar-refractivity contribution in [2.24, 2.45) is 0 Å². The predicted octanol–water partition coefficient (Wildman–Crippen LogP) is 3.39. The van der Waals surface area contributed by atoms with Crippen LogP contribution in [0.3, 0.4) is 0 Å². The molecule has 0 saturated carbocycles. The molecule has 21 heavy (non-hydrogen) atoms. The lowest BCUT2D eigenvalue weighted by Crippen LogP contribution is -2.15. The summed E-state index contributed by atoms with van der Waals surface area (Å²) < 4.78 is 7.26. The molecule has 0 spiro atoms. The average Bonchev–Trinajstić information content (AvgIpc) is 2.83. The number of hydrogen-bond acceptors (Lipinski definition) is 2. The van der Waals surface area contributed by atoms with E-state index in [9.17, 15) is 4.79 Å². The molecule has 0 unspecified atom stereocenters. The van der Waals surface area contributed by atoms with E-state index in [0.29, 0.717) is 0 Å². The fourth-order valence-electron chi connectivity index (χ4n) is 2.41. The summed E-state index contributed by atoms with van der Waals surface area (Å²) in [5.74, 6) is 0.853. The Labute approximate surface area is 123 Å². The summed E-state index contributed by atoms with van der Waals surface area (Å²) in [5, 5.41) is 0. The molecule has 1 N–H and O–H groups in total. The second-order valence-electron chi connectivity index (χ2n) is 5.47. The zero-order chi connectivity index (χ0) is 15.0. The predicted molar refractivity (Wildman–Crippen MR) is 84.0 cm³/mol. The number of hydrogen-bond donors (Lipinski definition) is 1. The summed E-state index contributed by atoms with van der Waals surface area (Å²) in [6.45, 7) is 5.89. The van der Waals surface area contributed by atoms with E-state index in [-0.39, 0.29) is 11.8 Å². The molecule has 2 aromatic heterocycles. The molecule has 0 aliphatic rings. The van der Waals surface area contributed by atoms with Gasteiger partial charge in [-0.3, -0.25) is 4.40 Å². The third-order valence-electron chi connectivity index (χ3n) is 3.30. The van der Waals surface area contributed by atoms with Crippen molar-refractivity contribution in [3.8, 4) is 16.9 Å². The molecule has 108 valence electrons. The van der Waals surface area contributed by atoms with Crippen LogP contribution in [0.1, 0.15) is 19.5 Å². The zero-order valence-corrected chi connectivity index (χ0v) is 12.4. The van der Waals surface area contributed by atoms with Crippen LogP contribution >= 0.6 is 0 Å². The lowest BCUT2D eigenvalue weighted by Gasteiger charge is -2.09. The van der Waals surface area contributed by atoms with Gasteiger partial charge in [-0.25, -0.2) is 4.79 Å². The SMILES string of the molecule is Cc1cc2cc(-c3ccc(OC(C)C)cc3)cn2c(=O)[nH]1. The highest BCUT2D eigenvalue weighted by Gasteiger charge is 2.06. The van der Waals surface area contributed by atoms with E-state index in [1.165, 1.54) is 0 Å². The number of benzene rings is 1. The minimum Gasteiger partial charge on any atom is -0.491 e. The van der Waals surface area contributed by atoms with Crippen LogP contribution in [0, 0.1) is 6.92 Å². The van der Waals surface area contributed by atoms with E-state index < -0.39 is 0 Å². The number of aromatic nitrogens is 2. The minimum absolute atomic E-state index is 0.115. The number of H-pyrrole nitrogens is 1. The van der Waals surface area contributed by atoms with Crippen LogP contribution in [0.25, 0.3) is 16.6 Å². The van der Waals surface area contributed by atoms with Gasteiger partial charge in [-0.1, -0.05) is 12.1 Å². The topological polar surface area (TPSA) is 46.5 Å². The normalized spacial score (nSPS) is 11.2. The van der Waals surface area contributed by atoms with E-state index in [2.05, 4.69) is 4.98 Å². The van der Waals surface area contributed by atoms with Crippen LogP contribution in [0.5, 0.6) is 5.75 Å². The van der Waals surface area contributed by atoms with Crippen molar-refractivity contribution in [2.75, 3.05) is 0 Å². The largest absolute Gasteiger partial charge is 0.491 e. The molecule has 0 aliphatic heterocycles. The van der Waals surface area contributed by atoms with Gasteiger partial charge >= 0.3 is 5.69 Å². The van der Waals surface area contributed by atoms with Gasteiger partial charge in [0.2, 0.25) is 0 Å². The average molecular weight is 282 g/mol. The molecule has 0 aliphatic carbocycles. The maximum Gasteiger partial charge on any atom is 0.330 e. The fraction of sp³-hybridized carbons (Fsp3) is 0.235. The molecule has 4 nitrogen and oxygen atoms in total. The Morgan fingerprint density at radius 3 is 2.48 bits per heavy atom. The number of rotatable bonds is 3. The standard InChI is InChI=1S/C17H18N2O2/c1-11(2)21-16-6-4-13(5-7-16)14-9-15-8-12(3)18-17(20)19(15)10-14/h4-11H,1-3H3,(H,18,20). The number of aryl methyl sites for hydroxylation is 1. The van der Waals surface area contributed by atoms with Gasteiger partial charge in [0.15, 0.2) is 0 Å². The fourth-order valence-corrected chi connectivity index (χ4v) is 2.41. The first kappa shape index (κ1) is 13.5. The molecule has 0 atom stereocenters. The van der Waals surface area contributed by atoms with E-state index in [4.69, 9.17) is 4.74 Å². The van der Waals surface area contributed by atoms with Gasteiger partial charge in [0, 0.05) is 17.5 Å². The van der Waals surface area contributed by atoms with Gasteiger partial charge in [0.05, 0.1) is 11.6 Å². The van der Waals surface area contributed by atoms with E-state index >= 15 is 0 Å². The Bertz CT molecular complexity index is 826. The Morgan fingerprint density at radius 1 is 1.10 bits per heavy atom. The molecule has 0 bridgehead atoms. The van der Waals surface area contributed by atoms with E-state index in [1.54, 1.807) is 4.40 Å². The van der Waals surface area contributed by atoms with Gasteiger partial charge in [-0.15, -0.1) is 0 Å². The summed E-state index contributed by atoms with van der Waals surface area (Å²) in [5.41, 5.74) is 3.72. The molecule has 0 fully saturated rings. The van der Waals surface area contributed by atoms with Crippen LogP contribution in [0.15, 0.2) is 47.4 Å². The number of ether oxygens (including phenoxy) is 1. The number of fused-ring (bicyclic) bond motifs is 1. The van der Waals surface area contributed by atoms with Gasteiger partial charge in [-0.05, 0) is 50.6 Å². The van der Waals surface area contributed by atoms with Gasteiger partial charge in [0.1, 0.15) is 5.75 Å². The first-order valence-corrected chi connectivity index (χ1v) is 7.02. The van der Waals surface area contributed by atoms with E-state index in [1.807, 2.05) is 63.4 Å². The van der Waals surface area contributed by atoms with Crippen molar-refractivity contribution in [1.29, 1.82) is 0 Å². The minimum atomic E-state index is -0.115. The summed E-state index contributed by atoms with van der Waals surface area (Å²) in [4.78, 5) is 14.7. The number of nitrogens with one attached hydrogen (secondary N) is 1. The Hall–Kier alpha value is -2.49. The first-order chi connectivity index (χ1) is 10.0. The highest BCUT2D eigenvalue weighted by molar-refractivity contribution is 5.70. The van der Waals surface area contributed by atoms with Gasteiger partial charge in [0.25, 0.3) is 0 Å². The Balaban J connectivity index is 2.00. The van der Waals surface area contributed by atoms with Crippen LogP contribution in [0.4, 0.5) is 0 Å². The third-order valence-corrected chi connectivity index (χ3v) is 3.30. The van der Waals surface area contributed by atoms with Crippen molar-refractivity contribution >= 4 is 5.52 Å². The van der Waals surface area contributed by atoms with Crippen molar-refractivity contribution in [2.45, 2.75) is 26.9 Å². The molecular weight excluding hydrogens is 264 g/mol. The maximum absolute atomic E-state index is 11.9. The molecule has 0 amide bonds. The van der Waals surface area contributed by atoms with Gasteiger partial charge < -0.3 is 9.72 Å². The van der Waals surface area contributed by atoms with E-state index in [0.717, 1.165) is 28.1 Å². The summed E-state index contributed by atoms with van der Waals surface area (Å²) in [7, 11) is 0. The highest BCUT2D eigenvalue weighted by Crippen LogP contribution is 2.24. The quantitative estimate of drug-likeness (QED) is 0.800. The van der Waals surface area contributed by atoms with Crippen LogP contribution in [-0.2, 0) is 0 Å². The van der Waals surface area contributed by atoms with Crippen molar-refractivity contribution < 1.29 is 4.74 Å². The Kier molecular flexibility index (Phi) is 3.29. The molecule has 4 heteroatoms. The van der Waals surface area contributed by atoms with Crippen LogP contribution < -0.4 is 10.4 Å². The maximum atomic E-state index is 11.9. The summed E-state index contributed by atoms with van der Waals surface area (Å²) >= 11 is 0. The lowest BCUT2D eigenvalue weighted by atomic mass is 10.1. The second kappa shape index (κ2) is 5.13. The second-order valence-corrected chi connectivity index (χ2v) is 5.47. The third kappa shape index (κ3) is 2.70. The molecule has 1 aromatic carbocycles. The Morgan fingerprint density at radius 2 is 1.81 bits per heavy atom. The molecule has 2 heterocycles. The lowest BCUT2D eigenvalue weighted by molar-refractivity contribution is 0.242. The zero-order valence-electron chi connectivity index (χ0n) is 12.4. The molecule has 0 saturated heterocycles. The number of nitrogens with zero attached hydrogens (tertiary/aromatic N) is 1. The number of aromatic amines is 1. The summed E-state index contributed by atoms with van der Waals surface area (Å²) in [6, 6.07) is 11.9. The van der Waals surface area contributed by atoms with Gasteiger partial charge in [-0.2, -0.15) is 0 Å². The van der Waals surface area contributed by atoms with Crippen LogP contribution in [-0.4, -0.2) is 15.5 Å². The smallest absolute Gasteiger partial charge is 0.330 e. The van der Waals surface area contributed by atoms with Crippen molar-refractivity contribution in [1.82, 2.24) is 9.38 Å². The monoisotopic (exact) mass is 282 g/mol. The van der Waals surface area contributed by atoms with Crippen molar-refractivity contribution in [3.63, 3.8) is 0 Å². The molecular formula is C17H18N2O2. The molecule has 0 radical (unpaired) electrons. The molecule has 3 rings (SSSR count). The highest BCUT2D eigenvalue weighted by atomic mass is 16.5. The van der Waals surface area contributed by atoms with Crippen molar-refractivity contribution in [3.05, 3.63) is 58.8 Å². The van der Waals surface area contributed by atoms with Crippen LogP contribution in [0.2, 0.25) is 0 Å².